The van der Waals surface area contributed by atoms with E-state index in [1.54, 1.807) is 18.5 Å². The van der Waals surface area contributed by atoms with E-state index in [-0.39, 0.29) is 5.37 Å². The summed E-state index contributed by atoms with van der Waals surface area (Å²) in [6, 6.07) is 2.80. The summed E-state index contributed by atoms with van der Waals surface area (Å²) in [6.45, 7) is 3.67. The number of amides is 1. The smallest absolute Gasteiger partial charge is 0.327 e. The van der Waals surface area contributed by atoms with Crippen LogP contribution in [0.2, 0.25) is 0 Å². The van der Waals surface area contributed by atoms with E-state index in [1.165, 1.54) is 16.7 Å². The molecule has 6 heteroatoms. The molecule has 18 heavy (non-hydrogen) atoms. The Labute approximate surface area is 109 Å². The van der Waals surface area contributed by atoms with Crippen molar-refractivity contribution in [2.45, 2.75) is 30.0 Å². The summed E-state index contributed by atoms with van der Waals surface area (Å²) in [5.74, 6) is -0.981. The van der Waals surface area contributed by atoms with Gasteiger partial charge in [-0.1, -0.05) is 6.07 Å². The lowest BCUT2D eigenvalue weighted by atomic mass is 10.0. The number of nitrogens with zero attached hydrogens (tertiary/aromatic N) is 2. The van der Waals surface area contributed by atoms with Gasteiger partial charge in [0.2, 0.25) is 6.41 Å². The number of hydrogen-bond acceptors (Lipinski definition) is 4. The Morgan fingerprint density at radius 3 is 2.83 bits per heavy atom. The highest BCUT2D eigenvalue weighted by Crippen LogP contribution is 2.51. The van der Waals surface area contributed by atoms with Gasteiger partial charge in [0.25, 0.3) is 0 Å². The third-order valence-corrected chi connectivity index (χ3v) is 4.54. The minimum atomic E-state index is -0.981. The van der Waals surface area contributed by atoms with Crippen LogP contribution < -0.4 is 0 Å². The summed E-state index contributed by atoms with van der Waals surface area (Å²) >= 11 is 1.46. The third-order valence-electron chi connectivity index (χ3n) is 2.97. The molecule has 0 bridgehead atoms. The molecule has 1 amide bonds. The molecule has 0 spiro atoms. The highest BCUT2D eigenvalue weighted by Gasteiger charge is 2.51. The molecule has 2 atom stereocenters. The normalized spacial score (nSPS) is 26.0. The van der Waals surface area contributed by atoms with Crippen LogP contribution in [0.15, 0.2) is 24.5 Å². The second kappa shape index (κ2) is 4.61. The Morgan fingerprint density at radius 2 is 2.33 bits per heavy atom. The third kappa shape index (κ3) is 2.08. The predicted octanol–water partition coefficient (Wildman–Crippen LogP) is 1.52. The van der Waals surface area contributed by atoms with Gasteiger partial charge in [-0.15, -0.1) is 11.8 Å². The molecule has 0 aliphatic carbocycles. The summed E-state index contributed by atoms with van der Waals surface area (Å²) in [4.78, 5) is 27.9. The van der Waals surface area contributed by atoms with Crippen LogP contribution in [0.4, 0.5) is 0 Å². The lowest BCUT2D eigenvalue weighted by Crippen LogP contribution is -2.45. The molecule has 5 nitrogen and oxygen atoms in total. The number of carboxylic acids is 1. The number of carbonyl (C=O) groups excluding carboxylic acids is 1. The number of hydrogen-bond donors (Lipinski definition) is 1. The van der Waals surface area contributed by atoms with Gasteiger partial charge in [-0.3, -0.25) is 9.78 Å². The summed E-state index contributed by atoms with van der Waals surface area (Å²) in [6.07, 6.45) is 3.92. The van der Waals surface area contributed by atoms with E-state index in [2.05, 4.69) is 4.98 Å². The second-order valence-electron chi connectivity index (χ2n) is 4.65. The summed E-state index contributed by atoms with van der Waals surface area (Å²) in [5.41, 5.74) is 0.839. The molecule has 1 fully saturated rings. The fourth-order valence-electron chi connectivity index (χ4n) is 2.21. The van der Waals surface area contributed by atoms with E-state index in [0.29, 0.717) is 6.41 Å². The van der Waals surface area contributed by atoms with Gasteiger partial charge in [0.05, 0.1) is 0 Å². The molecule has 1 aromatic heterocycles. The Hall–Kier alpha value is -1.56. The van der Waals surface area contributed by atoms with Gasteiger partial charge in [0.1, 0.15) is 11.4 Å². The van der Waals surface area contributed by atoms with Gasteiger partial charge < -0.3 is 10.0 Å². The van der Waals surface area contributed by atoms with Crippen molar-refractivity contribution < 1.29 is 14.7 Å². The first kappa shape index (κ1) is 12.9. The molecule has 1 saturated heterocycles. The highest BCUT2D eigenvalue weighted by atomic mass is 32.2. The van der Waals surface area contributed by atoms with Gasteiger partial charge >= 0.3 is 5.97 Å². The Kier molecular flexibility index (Phi) is 3.30. The lowest BCUT2D eigenvalue weighted by molar-refractivity contribution is -0.147. The largest absolute Gasteiger partial charge is 0.480 e. The number of thioether (sulfide) groups is 1. The first-order chi connectivity index (χ1) is 8.47. The average molecular weight is 266 g/mol. The van der Waals surface area contributed by atoms with Crippen LogP contribution in [0.1, 0.15) is 24.8 Å². The minimum Gasteiger partial charge on any atom is -0.480 e. The van der Waals surface area contributed by atoms with Crippen molar-refractivity contribution >= 4 is 24.1 Å². The van der Waals surface area contributed by atoms with E-state index in [4.69, 9.17) is 0 Å². The van der Waals surface area contributed by atoms with Crippen molar-refractivity contribution in [2.24, 2.45) is 0 Å². The number of carboxylic acid groups (broad SMARTS) is 1. The maximum absolute atomic E-state index is 11.3. The number of aromatic nitrogens is 1. The summed E-state index contributed by atoms with van der Waals surface area (Å²) in [7, 11) is 0. The van der Waals surface area contributed by atoms with Crippen LogP contribution in [-0.4, -0.2) is 38.2 Å². The molecule has 2 heterocycles. The molecule has 2 unspecified atom stereocenters. The zero-order valence-corrected chi connectivity index (χ0v) is 10.9. The number of rotatable bonds is 3. The standard InChI is InChI=1S/C12H14N2O3S/c1-12(2)9(11(16)17)14(7-15)10(18-12)8-4-3-5-13-6-8/h3-7,9-10H,1-2H3,(H,16,17). The van der Waals surface area contributed by atoms with Crippen molar-refractivity contribution in [3.8, 4) is 0 Å². The van der Waals surface area contributed by atoms with Gasteiger partial charge in [0, 0.05) is 22.7 Å². The van der Waals surface area contributed by atoms with E-state index in [0.717, 1.165) is 5.56 Å². The second-order valence-corrected chi connectivity index (χ2v) is 6.39. The molecule has 1 aromatic rings. The van der Waals surface area contributed by atoms with Crippen LogP contribution in [0.5, 0.6) is 0 Å². The maximum atomic E-state index is 11.3. The van der Waals surface area contributed by atoms with Crippen molar-refractivity contribution in [1.82, 2.24) is 9.88 Å². The average Bonchev–Trinajstić information content (AvgIpc) is 2.61. The quantitative estimate of drug-likeness (QED) is 0.840. The zero-order valence-electron chi connectivity index (χ0n) is 10.1. The van der Waals surface area contributed by atoms with Crippen molar-refractivity contribution in [3.63, 3.8) is 0 Å². The van der Waals surface area contributed by atoms with E-state index >= 15 is 0 Å². The van der Waals surface area contributed by atoms with Gasteiger partial charge in [-0.2, -0.15) is 0 Å². The Morgan fingerprint density at radius 1 is 1.61 bits per heavy atom. The molecule has 0 saturated carbocycles. The minimum absolute atomic E-state index is 0.299. The molecule has 2 rings (SSSR count). The van der Waals surface area contributed by atoms with Crippen molar-refractivity contribution in [1.29, 1.82) is 0 Å². The topological polar surface area (TPSA) is 70.5 Å². The van der Waals surface area contributed by atoms with Crippen molar-refractivity contribution in [3.05, 3.63) is 30.1 Å². The maximum Gasteiger partial charge on any atom is 0.327 e. The molecule has 0 aromatic carbocycles. The van der Waals surface area contributed by atoms with Crippen LogP contribution >= 0.6 is 11.8 Å². The van der Waals surface area contributed by atoms with E-state index in [9.17, 15) is 14.7 Å². The van der Waals surface area contributed by atoms with Crippen LogP contribution in [0.25, 0.3) is 0 Å². The highest BCUT2D eigenvalue weighted by molar-refractivity contribution is 8.01. The van der Waals surface area contributed by atoms with Gasteiger partial charge in [-0.25, -0.2) is 4.79 Å². The summed E-state index contributed by atoms with van der Waals surface area (Å²) < 4.78 is -0.534. The number of carbonyl (C=O) groups is 2. The molecule has 1 aliphatic heterocycles. The first-order valence-electron chi connectivity index (χ1n) is 5.50. The van der Waals surface area contributed by atoms with Crippen LogP contribution in [0.3, 0.4) is 0 Å². The lowest BCUT2D eigenvalue weighted by Gasteiger charge is -2.25. The SMILES string of the molecule is CC1(C)SC(c2cccnc2)N(C=O)C1C(=O)O. The predicted molar refractivity (Wildman–Crippen MR) is 68.0 cm³/mol. The fraction of sp³-hybridized carbons (Fsp3) is 0.417. The van der Waals surface area contributed by atoms with Crippen LogP contribution in [-0.2, 0) is 9.59 Å². The fourth-order valence-corrected chi connectivity index (χ4v) is 3.71. The van der Waals surface area contributed by atoms with E-state index < -0.39 is 16.8 Å². The summed E-state index contributed by atoms with van der Waals surface area (Å²) in [5, 5.41) is 8.99. The molecule has 96 valence electrons. The molecule has 0 radical (unpaired) electrons. The number of pyridine rings is 1. The Bertz CT molecular complexity index is 464. The zero-order chi connectivity index (χ0) is 13.3. The van der Waals surface area contributed by atoms with Gasteiger partial charge in [-0.05, 0) is 19.9 Å². The van der Waals surface area contributed by atoms with Crippen LogP contribution in [0, 0.1) is 0 Å². The number of aliphatic carboxylic acids is 1. The van der Waals surface area contributed by atoms with Gasteiger partial charge in [0.15, 0.2) is 0 Å². The monoisotopic (exact) mass is 266 g/mol. The first-order valence-corrected chi connectivity index (χ1v) is 6.38. The van der Waals surface area contributed by atoms with E-state index in [1.807, 2.05) is 19.9 Å². The van der Waals surface area contributed by atoms with Crippen molar-refractivity contribution in [2.75, 3.05) is 0 Å². The molecule has 1 aliphatic rings. The Balaban J connectivity index is 2.40. The molecular formula is C12H14N2O3S. The molecule has 1 N–H and O–H groups in total. The molecular weight excluding hydrogens is 252 g/mol.